The number of rotatable bonds is 0. The monoisotopic (exact) mass is 213 g/mol. The molecule has 0 N–H and O–H groups in total. The van der Waals surface area contributed by atoms with Crippen LogP contribution in [-0.4, -0.2) is 4.57 Å². The molecule has 0 spiro atoms. The number of alkyl halides is 3. The van der Waals surface area contributed by atoms with Crippen LogP contribution in [0.3, 0.4) is 0 Å². The van der Waals surface area contributed by atoms with Gasteiger partial charge in [-0.25, -0.2) is 0 Å². The molecule has 2 rings (SSSR count). The highest BCUT2D eigenvalue weighted by Gasteiger charge is 2.31. The number of nitrogens with zero attached hydrogens (tertiary/aromatic N) is 1. The fourth-order valence-electron chi connectivity index (χ4n) is 1.85. The van der Waals surface area contributed by atoms with Gasteiger partial charge in [-0.3, -0.25) is 0 Å². The summed E-state index contributed by atoms with van der Waals surface area (Å²) >= 11 is 0. The highest BCUT2D eigenvalue weighted by molar-refractivity contribution is 5.84. The lowest BCUT2D eigenvalue weighted by molar-refractivity contribution is -0.137. The number of halogens is 3. The Balaban J connectivity index is 2.74. The Kier molecular flexibility index (Phi) is 2.03. The first-order valence-corrected chi connectivity index (χ1v) is 4.52. The maximum atomic E-state index is 12.5. The maximum Gasteiger partial charge on any atom is 0.416 e. The van der Waals surface area contributed by atoms with Gasteiger partial charge in [0.15, 0.2) is 0 Å². The molecule has 2 aromatic rings. The molecule has 0 bridgehead atoms. The van der Waals surface area contributed by atoms with Crippen molar-refractivity contribution in [2.24, 2.45) is 7.05 Å². The Hall–Kier alpha value is -1.45. The molecule has 0 unspecified atom stereocenters. The minimum Gasteiger partial charge on any atom is -0.350 e. The smallest absolute Gasteiger partial charge is 0.350 e. The summed E-state index contributed by atoms with van der Waals surface area (Å²) in [5, 5.41) is 0.629. The first-order valence-electron chi connectivity index (χ1n) is 4.52. The number of fused-ring (bicyclic) bond motifs is 1. The van der Waals surface area contributed by atoms with Crippen molar-refractivity contribution in [3.05, 3.63) is 35.5 Å². The Morgan fingerprint density at radius 3 is 2.47 bits per heavy atom. The van der Waals surface area contributed by atoms with Crippen molar-refractivity contribution < 1.29 is 13.2 Å². The fraction of sp³-hybridized carbons (Fsp3) is 0.273. The van der Waals surface area contributed by atoms with E-state index in [0.717, 1.165) is 5.52 Å². The van der Waals surface area contributed by atoms with E-state index in [1.165, 1.54) is 12.1 Å². The fourth-order valence-corrected chi connectivity index (χ4v) is 1.85. The minimum absolute atomic E-state index is 0.585. The molecule has 0 aliphatic heterocycles. The van der Waals surface area contributed by atoms with Gasteiger partial charge in [0, 0.05) is 18.6 Å². The van der Waals surface area contributed by atoms with Gasteiger partial charge in [0.25, 0.3) is 0 Å². The Labute approximate surface area is 85.1 Å². The topological polar surface area (TPSA) is 4.93 Å². The average molecular weight is 213 g/mol. The van der Waals surface area contributed by atoms with Crippen molar-refractivity contribution in [2.75, 3.05) is 0 Å². The predicted molar refractivity (Wildman–Crippen MR) is 52.7 cm³/mol. The van der Waals surface area contributed by atoms with Crippen molar-refractivity contribution in [3.8, 4) is 0 Å². The second-order valence-corrected chi connectivity index (χ2v) is 3.66. The number of hydrogen-bond acceptors (Lipinski definition) is 0. The van der Waals surface area contributed by atoms with Gasteiger partial charge in [-0.2, -0.15) is 13.2 Å². The summed E-state index contributed by atoms with van der Waals surface area (Å²) in [6.07, 6.45) is -2.51. The number of aryl methyl sites for hydroxylation is 2. The number of hydrogen-bond donors (Lipinski definition) is 0. The van der Waals surface area contributed by atoms with Crippen LogP contribution in [0.4, 0.5) is 13.2 Å². The molecule has 0 radical (unpaired) electrons. The zero-order valence-electron chi connectivity index (χ0n) is 8.39. The summed E-state index contributed by atoms with van der Waals surface area (Å²) < 4.78 is 39.3. The van der Waals surface area contributed by atoms with Gasteiger partial charge in [-0.15, -0.1) is 0 Å². The molecule has 0 amide bonds. The molecule has 0 atom stereocenters. The van der Waals surface area contributed by atoms with E-state index < -0.39 is 11.7 Å². The van der Waals surface area contributed by atoms with Gasteiger partial charge in [0.1, 0.15) is 0 Å². The molecule has 0 aliphatic rings. The summed E-state index contributed by atoms with van der Waals surface area (Å²) in [6, 6.07) is 4.06. The minimum atomic E-state index is -4.27. The number of aromatic nitrogens is 1. The van der Waals surface area contributed by atoms with E-state index >= 15 is 0 Å². The van der Waals surface area contributed by atoms with E-state index in [2.05, 4.69) is 0 Å². The molecular weight excluding hydrogens is 203 g/mol. The zero-order valence-corrected chi connectivity index (χ0v) is 8.39. The molecule has 0 fully saturated rings. The lowest BCUT2D eigenvalue weighted by Crippen LogP contribution is -2.05. The average Bonchev–Trinajstić information content (AvgIpc) is 2.46. The molecular formula is C11H10F3N. The normalized spacial score (nSPS) is 12.3. The van der Waals surface area contributed by atoms with Gasteiger partial charge in [-0.05, 0) is 30.7 Å². The van der Waals surface area contributed by atoms with Crippen LogP contribution in [0.1, 0.15) is 11.1 Å². The molecule has 1 heterocycles. The Morgan fingerprint density at radius 1 is 1.20 bits per heavy atom. The van der Waals surface area contributed by atoms with Crippen LogP contribution in [0, 0.1) is 6.92 Å². The zero-order chi connectivity index (χ0) is 11.2. The van der Waals surface area contributed by atoms with Crippen LogP contribution in [0.5, 0.6) is 0 Å². The quantitative estimate of drug-likeness (QED) is 0.631. The van der Waals surface area contributed by atoms with Crippen LogP contribution in [0.2, 0.25) is 0 Å². The predicted octanol–water partition coefficient (Wildman–Crippen LogP) is 3.51. The Bertz CT molecular complexity index is 508. The summed E-state index contributed by atoms with van der Waals surface area (Å²) in [4.78, 5) is 0. The van der Waals surface area contributed by atoms with Crippen molar-refractivity contribution >= 4 is 10.9 Å². The third kappa shape index (κ3) is 1.60. The van der Waals surface area contributed by atoms with E-state index in [1.54, 1.807) is 19.2 Å². The van der Waals surface area contributed by atoms with Gasteiger partial charge < -0.3 is 4.57 Å². The largest absolute Gasteiger partial charge is 0.416 e. The van der Waals surface area contributed by atoms with E-state index in [0.29, 0.717) is 10.9 Å². The van der Waals surface area contributed by atoms with Crippen LogP contribution < -0.4 is 0 Å². The van der Waals surface area contributed by atoms with Crippen LogP contribution in [0.25, 0.3) is 10.9 Å². The van der Waals surface area contributed by atoms with Gasteiger partial charge in [-0.1, -0.05) is 0 Å². The molecule has 15 heavy (non-hydrogen) atoms. The third-order valence-corrected chi connectivity index (χ3v) is 2.49. The summed E-state index contributed by atoms with van der Waals surface area (Å²) in [5.41, 5.74) is 0.911. The molecule has 4 heteroatoms. The lowest BCUT2D eigenvalue weighted by Gasteiger charge is -2.09. The maximum absolute atomic E-state index is 12.5. The SMILES string of the molecule is Cc1cc(C(F)(F)F)cc2ccn(C)c12. The second kappa shape index (κ2) is 3.02. The Morgan fingerprint density at radius 2 is 1.87 bits per heavy atom. The first-order chi connectivity index (χ1) is 6.89. The molecule has 0 saturated heterocycles. The van der Waals surface area contributed by atoms with Crippen LogP contribution in [-0.2, 0) is 13.2 Å². The van der Waals surface area contributed by atoms with Crippen LogP contribution >= 0.6 is 0 Å². The van der Waals surface area contributed by atoms with Crippen molar-refractivity contribution in [3.63, 3.8) is 0 Å². The molecule has 1 nitrogen and oxygen atoms in total. The standard InChI is InChI=1S/C11H10F3N/c1-7-5-9(11(12,13)14)6-8-3-4-15(2)10(7)8/h3-6H,1-2H3. The van der Waals surface area contributed by atoms with E-state index in [-0.39, 0.29) is 0 Å². The van der Waals surface area contributed by atoms with E-state index in [9.17, 15) is 13.2 Å². The molecule has 0 aliphatic carbocycles. The number of benzene rings is 1. The highest BCUT2D eigenvalue weighted by Crippen LogP contribution is 2.33. The van der Waals surface area contributed by atoms with Crippen molar-refractivity contribution in [1.82, 2.24) is 4.57 Å². The van der Waals surface area contributed by atoms with Crippen molar-refractivity contribution in [2.45, 2.75) is 13.1 Å². The summed E-state index contributed by atoms with van der Waals surface area (Å²) in [7, 11) is 1.82. The molecule has 1 aromatic heterocycles. The van der Waals surface area contributed by atoms with Gasteiger partial charge in [0.05, 0.1) is 11.1 Å². The molecule has 0 saturated carbocycles. The van der Waals surface area contributed by atoms with Gasteiger partial charge in [0.2, 0.25) is 0 Å². The van der Waals surface area contributed by atoms with E-state index in [1.807, 2.05) is 11.6 Å². The second-order valence-electron chi connectivity index (χ2n) is 3.66. The van der Waals surface area contributed by atoms with Crippen molar-refractivity contribution in [1.29, 1.82) is 0 Å². The van der Waals surface area contributed by atoms with E-state index in [4.69, 9.17) is 0 Å². The highest BCUT2D eigenvalue weighted by atomic mass is 19.4. The lowest BCUT2D eigenvalue weighted by atomic mass is 10.1. The summed E-state index contributed by atoms with van der Waals surface area (Å²) in [6.45, 7) is 1.69. The summed E-state index contributed by atoms with van der Waals surface area (Å²) in [5.74, 6) is 0. The van der Waals surface area contributed by atoms with Crippen LogP contribution in [0.15, 0.2) is 24.4 Å². The first kappa shape index (κ1) is 10.1. The van der Waals surface area contributed by atoms with Gasteiger partial charge >= 0.3 is 6.18 Å². The molecule has 1 aromatic carbocycles. The third-order valence-electron chi connectivity index (χ3n) is 2.49. The molecule has 80 valence electrons.